The maximum Gasteiger partial charge on any atom is 0.136 e. The van der Waals surface area contributed by atoms with Crippen molar-refractivity contribution in [2.75, 3.05) is 6.54 Å². The van der Waals surface area contributed by atoms with Crippen molar-refractivity contribution in [3.63, 3.8) is 0 Å². The van der Waals surface area contributed by atoms with Crippen LogP contribution in [0.2, 0.25) is 0 Å². The molecule has 0 aliphatic carbocycles. The summed E-state index contributed by atoms with van der Waals surface area (Å²) in [5, 5.41) is 3.26. The predicted octanol–water partition coefficient (Wildman–Crippen LogP) is 3.28. The van der Waals surface area contributed by atoms with E-state index in [1.165, 1.54) is 0 Å². The lowest BCUT2D eigenvalue weighted by molar-refractivity contribution is 0.853. The Morgan fingerprint density at radius 1 is 1.35 bits per heavy atom. The number of aliphatic imine (C=N–C) groups is 1. The molecule has 88 valence electrons. The highest BCUT2D eigenvalue weighted by molar-refractivity contribution is 7.71. The lowest BCUT2D eigenvalue weighted by Crippen LogP contribution is -1.95. The van der Waals surface area contributed by atoms with Gasteiger partial charge in [-0.25, -0.2) is 4.68 Å². The zero-order valence-electron chi connectivity index (χ0n) is 9.97. The number of aromatic nitrogens is 2. The Morgan fingerprint density at radius 2 is 2.06 bits per heavy atom. The van der Waals surface area contributed by atoms with Gasteiger partial charge < -0.3 is 0 Å². The maximum absolute atomic E-state index is 5.45. The van der Waals surface area contributed by atoms with Gasteiger partial charge in [-0.05, 0) is 26.0 Å². The predicted molar refractivity (Wildman–Crippen MR) is 73.8 cm³/mol. The minimum Gasteiger partial charge on any atom is -0.297 e. The highest BCUT2D eigenvalue weighted by Crippen LogP contribution is 2.12. The van der Waals surface area contributed by atoms with Crippen LogP contribution in [-0.2, 0) is 0 Å². The fraction of sp³-hybridized carbons (Fsp3) is 0.231. The number of aromatic amines is 1. The summed E-state index contributed by atoms with van der Waals surface area (Å²) in [5.74, 6) is 0. The Hall–Kier alpha value is -1.68. The van der Waals surface area contributed by atoms with Crippen molar-refractivity contribution in [3.05, 3.63) is 46.2 Å². The van der Waals surface area contributed by atoms with Crippen LogP contribution in [-0.4, -0.2) is 22.5 Å². The summed E-state index contributed by atoms with van der Waals surface area (Å²) in [6, 6.07) is 10.0. The van der Waals surface area contributed by atoms with Crippen molar-refractivity contribution < 1.29 is 0 Å². The van der Waals surface area contributed by atoms with E-state index in [9.17, 15) is 0 Å². The van der Waals surface area contributed by atoms with Crippen LogP contribution in [0.15, 0.2) is 35.3 Å². The minimum atomic E-state index is 0.769. The SMILES string of the molecule is CCN=Cc1c(C)[nH]n(-c2ccccc2)c1=S. The quantitative estimate of drug-likeness (QED) is 0.653. The number of hydrogen-bond acceptors (Lipinski definition) is 2. The molecule has 1 heterocycles. The first kappa shape index (κ1) is 11.8. The Bertz CT molecular complexity index is 578. The first-order chi connectivity index (χ1) is 8.24. The normalized spacial score (nSPS) is 11.2. The van der Waals surface area contributed by atoms with Crippen molar-refractivity contribution in [1.29, 1.82) is 0 Å². The first-order valence-corrected chi connectivity index (χ1v) is 6.01. The van der Waals surface area contributed by atoms with E-state index in [1.54, 1.807) is 0 Å². The molecule has 2 aromatic rings. The molecule has 0 amide bonds. The fourth-order valence-corrected chi connectivity index (χ4v) is 2.01. The van der Waals surface area contributed by atoms with E-state index in [0.29, 0.717) is 0 Å². The molecule has 0 atom stereocenters. The van der Waals surface area contributed by atoms with E-state index in [-0.39, 0.29) is 0 Å². The summed E-state index contributed by atoms with van der Waals surface area (Å²) in [6.07, 6.45) is 1.84. The zero-order chi connectivity index (χ0) is 12.3. The van der Waals surface area contributed by atoms with Crippen LogP contribution in [0.1, 0.15) is 18.2 Å². The third-order valence-electron chi connectivity index (χ3n) is 2.53. The smallest absolute Gasteiger partial charge is 0.136 e. The highest BCUT2D eigenvalue weighted by atomic mass is 32.1. The van der Waals surface area contributed by atoms with Crippen molar-refractivity contribution in [1.82, 2.24) is 9.78 Å². The molecule has 0 spiro atoms. The van der Waals surface area contributed by atoms with Gasteiger partial charge in [-0.15, -0.1) is 0 Å². The van der Waals surface area contributed by atoms with Crippen molar-refractivity contribution in [2.24, 2.45) is 4.99 Å². The summed E-state index contributed by atoms with van der Waals surface area (Å²) < 4.78 is 2.67. The minimum absolute atomic E-state index is 0.769. The third kappa shape index (κ3) is 2.36. The van der Waals surface area contributed by atoms with Crippen LogP contribution in [0, 0.1) is 11.6 Å². The van der Waals surface area contributed by atoms with Gasteiger partial charge in [0, 0.05) is 24.0 Å². The number of hydrogen-bond donors (Lipinski definition) is 1. The highest BCUT2D eigenvalue weighted by Gasteiger charge is 2.06. The van der Waals surface area contributed by atoms with E-state index in [1.807, 2.05) is 55.1 Å². The molecule has 0 saturated heterocycles. The van der Waals surface area contributed by atoms with E-state index in [4.69, 9.17) is 12.2 Å². The van der Waals surface area contributed by atoms with Gasteiger partial charge in [0.1, 0.15) is 4.64 Å². The maximum atomic E-state index is 5.45. The van der Waals surface area contributed by atoms with E-state index in [2.05, 4.69) is 10.1 Å². The van der Waals surface area contributed by atoms with Crippen LogP contribution < -0.4 is 0 Å². The summed E-state index contributed by atoms with van der Waals surface area (Å²) >= 11 is 5.45. The van der Waals surface area contributed by atoms with Gasteiger partial charge in [0.25, 0.3) is 0 Å². The van der Waals surface area contributed by atoms with E-state index >= 15 is 0 Å². The summed E-state index contributed by atoms with van der Waals surface area (Å²) in [5.41, 5.74) is 3.07. The number of H-pyrrole nitrogens is 1. The molecule has 17 heavy (non-hydrogen) atoms. The zero-order valence-corrected chi connectivity index (χ0v) is 10.8. The molecule has 0 fully saturated rings. The molecular weight excluding hydrogens is 230 g/mol. The summed E-state index contributed by atoms with van der Waals surface area (Å²) in [7, 11) is 0. The third-order valence-corrected chi connectivity index (χ3v) is 2.94. The van der Waals surface area contributed by atoms with Gasteiger partial charge in [0.15, 0.2) is 0 Å². The lowest BCUT2D eigenvalue weighted by atomic mass is 10.3. The monoisotopic (exact) mass is 245 g/mol. The van der Waals surface area contributed by atoms with E-state index in [0.717, 1.165) is 28.1 Å². The van der Waals surface area contributed by atoms with Crippen LogP contribution in [0.3, 0.4) is 0 Å². The van der Waals surface area contributed by atoms with Gasteiger partial charge in [-0.3, -0.25) is 10.1 Å². The fourth-order valence-electron chi connectivity index (χ4n) is 1.65. The molecule has 3 nitrogen and oxygen atoms in total. The van der Waals surface area contributed by atoms with Crippen LogP contribution in [0.5, 0.6) is 0 Å². The number of benzene rings is 1. The van der Waals surface area contributed by atoms with Crippen molar-refractivity contribution in [2.45, 2.75) is 13.8 Å². The van der Waals surface area contributed by atoms with Crippen LogP contribution >= 0.6 is 12.2 Å². The van der Waals surface area contributed by atoms with Gasteiger partial charge in [-0.2, -0.15) is 0 Å². The second-order valence-corrected chi connectivity index (χ2v) is 4.14. The number of rotatable bonds is 3. The van der Waals surface area contributed by atoms with Crippen LogP contribution in [0.4, 0.5) is 0 Å². The Labute approximate surface area is 106 Å². The van der Waals surface area contributed by atoms with Gasteiger partial charge >= 0.3 is 0 Å². The van der Waals surface area contributed by atoms with E-state index < -0.39 is 0 Å². The topological polar surface area (TPSA) is 33.1 Å². The van der Waals surface area contributed by atoms with Crippen molar-refractivity contribution in [3.8, 4) is 5.69 Å². The Morgan fingerprint density at radius 3 is 2.71 bits per heavy atom. The largest absolute Gasteiger partial charge is 0.297 e. The standard InChI is InChI=1S/C13H15N3S/c1-3-14-9-12-10(2)15-16(13(12)17)11-7-5-4-6-8-11/h4-9,15H,3H2,1-2H3. The number of aryl methyl sites for hydroxylation is 1. The number of nitrogens with zero attached hydrogens (tertiary/aromatic N) is 2. The molecule has 0 radical (unpaired) electrons. The first-order valence-electron chi connectivity index (χ1n) is 5.61. The van der Waals surface area contributed by atoms with Gasteiger partial charge in [0.05, 0.1) is 5.69 Å². The van der Waals surface area contributed by atoms with Crippen molar-refractivity contribution >= 4 is 18.4 Å². The molecule has 0 unspecified atom stereocenters. The molecule has 0 aliphatic rings. The Kier molecular flexibility index (Phi) is 3.54. The van der Waals surface area contributed by atoms with Gasteiger partial charge in [0.2, 0.25) is 0 Å². The molecule has 2 rings (SSSR count). The Balaban J connectivity index is 2.52. The van der Waals surface area contributed by atoms with Crippen LogP contribution in [0.25, 0.3) is 5.69 Å². The molecule has 4 heteroatoms. The molecular formula is C13H15N3S. The summed E-state index contributed by atoms with van der Waals surface area (Å²) in [6.45, 7) is 4.78. The second kappa shape index (κ2) is 5.10. The lowest BCUT2D eigenvalue weighted by Gasteiger charge is -2.00. The average molecular weight is 245 g/mol. The summed E-state index contributed by atoms with van der Waals surface area (Å²) in [4.78, 5) is 4.25. The number of para-hydroxylation sites is 1. The molecule has 1 aromatic carbocycles. The molecule has 1 N–H and O–H groups in total. The average Bonchev–Trinajstić information content (AvgIpc) is 2.64. The second-order valence-electron chi connectivity index (χ2n) is 3.75. The number of nitrogens with one attached hydrogen (secondary N) is 1. The molecule has 1 aromatic heterocycles. The molecule has 0 aliphatic heterocycles. The van der Waals surface area contributed by atoms with Gasteiger partial charge in [-0.1, -0.05) is 30.4 Å². The molecule has 0 bridgehead atoms. The molecule has 0 saturated carbocycles.